The van der Waals surface area contributed by atoms with E-state index in [0.717, 1.165) is 0 Å². The van der Waals surface area contributed by atoms with Crippen molar-refractivity contribution in [3.63, 3.8) is 0 Å². The van der Waals surface area contributed by atoms with E-state index in [-0.39, 0.29) is 68.6 Å². The molecule has 0 aliphatic heterocycles. The van der Waals surface area contributed by atoms with Crippen molar-refractivity contribution in [1.29, 1.82) is 0 Å². The maximum atomic E-state index is 12.3. The summed E-state index contributed by atoms with van der Waals surface area (Å²) in [6.45, 7) is 3.36. The summed E-state index contributed by atoms with van der Waals surface area (Å²) in [5.74, 6) is -0.787. The van der Waals surface area contributed by atoms with Crippen molar-refractivity contribution in [2.75, 3.05) is 13.2 Å². The summed E-state index contributed by atoms with van der Waals surface area (Å²) < 4.78 is 27.3. The van der Waals surface area contributed by atoms with E-state index in [4.69, 9.17) is 60.0 Å². The molecule has 1 aromatic carbocycles. The molecule has 1 aromatic rings. The number of phenolic OH excluding ortho intramolecular Hbond substituents is 1. The number of aromatic hydroxyl groups is 1. The van der Waals surface area contributed by atoms with Crippen molar-refractivity contribution in [2.45, 2.75) is 13.8 Å². The molecule has 0 amide bonds. The van der Waals surface area contributed by atoms with Gasteiger partial charge in [0.05, 0.1) is 13.2 Å². The first-order valence-corrected chi connectivity index (χ1v) is 8.38. The van der Waals surface area contributed by atoms with Crippen LogP contribution in [0.5, 0.6) is 11.5 Å². The van der Waals surface area contributed by atoms with Gasteiger partial charge in [-0.05, 0) is 13.8 Å². The Morgan fingerprint density at radius 3 is 1.67 bits per heavy atom. The number of benzene rings is 1. The molecule has 0 heterocycles. The van der Waals surface area contributed by atoms with Crippen molar-refractivity contribution >= 4 is 54.2 Å². The first kappa shape index (κ1) is 22.1. The third-order valence-electron chi connectivity index (χ3n) is 1.98. The fourth-order valence-electron chi connectivity index (χ4n) is 1.20. The molecule has 0 aromatic heterocycles. The average molecular weight is 407 g/mol. The molecule has 0 aliphatic rings. The Morgan fingerprint density at radius 2 is 1.33 bits per heavy atom. The second-order valence-electron chi connectivity index (χ2n) is 3.31. The van der Waals surface area contributed by atoms with Gasteiger partial charge >= 0.3 is 37.4 Å². The van der Waals surface area contributed by atoms with Gasteiger partial charge in [-0.25, -0.2) is 4.57 Å². The number of phenols is 1. The minimum atomic E-state index is -3.92. The van der Waals surface area contributed by atoms with E-state index in [0.29, 0.717) is 0 Å². The number of hydrogen-bond acceptors (Lipinski definition) is 5. The van der Waals surface area contributed by atoms with E-state index in [2.05, 4.69) is 0 Å². The molecule has 0 radical (unpaired) electrons. The Labute approximate surface area is 164 Å². The van der Waals surface area contributed by atoms with Crippen LogP contribution in [0.2, 0.25) is 20.1 Å². The molecule has 0 aliphatic carbocycles. The molecule has 5 nitrogen and oxygen atoms in total. The van der Waals surface area contributed by atoms with Gasteiger partial charge in [-0.15, -0.1) is 0 Å². The van der Waals surface area contributed by atoms with Gasteiger partial charge in [0.1, 0.15) is 20.1 Å². The topological polar surface area (TPSA) is 65.0 Å². The van der Waals surface area contributed by atoms with Crippen LogP contribution in [-0.2, 0) is 13.6 Å². The van der Waals surface area contributed by atoms with Crippen LogP contribution in [0, 0.1) is 0 Å². The van der Waals surface area contributed by atoms with Gasteiger partial charge in [0.25, 0.3) is 0 Å². The zero-order valence-corrected chi connectivity index (χ0v) is 17.4. The molecule has 114 valence electrons. The Bertz CT molecular complexity index is 518. The van der Waals surface area contributed by atoms with Gasteiger partial charge in [0.15, 0.2) is 11.5 Å². The van der Waals surface area contributed by atoms with Gasteiger partial charge < -0.3 is 9.63 Å². The van der Waals surface area contributed by atoms with Crippen LogP contribution in [0.4, 0.5) is 0 Å². The van der Waals surface area contributed by atoms with Crippen LogP contribution in [-0.4, -0.2) is 18.3 Å². The van der Waals surface area contributed by atoms with E-state index >= 15 is 0 Å². The van der Waals surface area contributed by atoms with E-state index in [1.807, 2.05) is 0 Å². The Hall–Kier alpha value is 1.13. The predicted octanol–water partition coefficient (Wildman–Crippen LogP) is 2.57. The van der Waals surface area contributed by atoms with Gasteiger partial charge in [-0.2, -0.15) is 0 Å². The quantitative estimate of drug-likeness (QED) is 0.447. The molecule has 1 N–H and O–H groups in total. The summed E-state index contributed by atoms with van der Waals surface area (Å²) in [7, 11) is -3.92. The second-order valence-corrected chi connectivity index (χ2v) is 6.41. The minimum absolute atomic E-state index is 0. The van der Waals surface area contributed by atoms with Crippen LogP contribution < -0.4 is 34.1 Å². The Morgan fingerprint density at radius 1 is 0.952 bits per heavy atom. The van der Waals surface area contributed by atoms with Crippen molar-refractivity contribution in [3.05, 3.63) is 20.1 Å². The van der Waals surface area contributed by atoms with E-state index < -0.39 is 13.6 Å². The van der Waals surface area contributed by atoms with Gasteiger partial charge in [0, 0.05) is 0 Å². The number of hydrogen-bond donors (Lipinski definition) is 1. The molecular weight excluding hydrogens is 396 g/mol. The maximum Gasteiger partial charge on any atom is 1.00 e. The summed E-state index contributed by atoms with van der Waals surface area (Å²) in [5, 5.41) is 8.51. The average Bonchev–Trinajstić information content (AvgIpc) is 2.40. The van der Waals surface area contributed by atoms with Crippen LogP contribution in [0.15, 0.2) is 0 Å². The molecule has 0 unspecified atom stereocenters. The first-order valence-electron chi connectivity index (χ1n) is 5.41. The van der Waals surface area contributed by atoms with Crippen molar-refractivity contribution in [2.24, 2.45) is 0 Å². The Balaban J connectivity index is 0.00000400. The normalized spacial score (nSPS) is 11.1. The molecule has 1 rings (SSSR count). The third-order valence-corrected chi connectivity index (χ3v) is 5.18. The van der Waals surface area contributed by atoms with Crippen molar-refractivity contribution in [3.8, 4) is 11.5 Å². The fraction of sp³-hybridized carbons (Fsp3) is 0.400. The van der Waals surface area contributed by atoms with E-state index in [1.54, 1.807) is 13.8 Å². The zero-order chi connectivity index (χ0) is 15.5. The number of halogens is 4. The van der Waals surface area contributed by atoms with Gasteiger partial charge in [-0.3, -0.25) is 9.05 Å². The largest absolute Gasteiger partial charge is 1.00 e. The monoisotopic (exact) mass is 405 g/mol. The molecule has 11 heteroatoms. The summed E-state index contributed by atoms with van der Waals surface area (Å²) in [6.07, 6.45) is 0. The Kier molecular flexibility index (Phi) is 9.94. The van der Waals surface area contributed by atoms with E-state index in [9.17, 15) is 9.67 Å². The summed E-state index contributed by atoms with van der Waals surface area (Å²) in [4.78, 5) is 0. The molecule has 0 saturated heterocycles. The third kappa shape index (κ3) is 5.32. The van der Waals surface area contributed by atoms with Crippen LogP contribution in [0.1, 0.15) is 13.8 Å². The minimum Gasteiger partial charge on any atom is -0.505 e. The number of phosphoric ester groups is 1. The number of phosphoric acid groups is 1. The van der Waals surface area contributed by atoms with Gasteiger partial charge in [-0.1, -0.05) is 46.4 Å². The first-order chi connectivity index (χ1) is 9.27. The maximum absolute atomic E-state index is 12.3. The van der Waals surface area contributed by atoms with Crippen molar-refractivity contribution < 1.29 is 52.8 Å². The fourth-order valence-corrected chi connectivity index (χ4v) is 3.43. The molecular formula is C10H11Cl4NaO5P+. The molecule has 0 bridgehead atoms. The number of rotatable bonds is 6. The summed E-state index contributed by atoms with van der Waals surface area (Å²) in [5.41, 5.74) is 0. The molecule has 21 heavy (non-hydrogen) atoms. The molecule has 0 spiro atoms. The van der Waals surface area contributed by atoms with Gasteiger partial charge in [0.2, 0.25) is 0 Å². The van der Waals surface area contributed by atoms with Crippen LogP contribution in [0.3, 0.4) is 0 Å². The summed E-state index contributed by atoms with van der Waals surface area (Å²) >= 11 is 23.3. The molecule has 0 atom stereocenters. The molecule has 0 saturated carbocycles. The van der Waals surface area contributed by atoms with E-state index in [1.165, 1.54) is 0 Å². The molecule has 0 fully saturated rings. The summed E-state index contributed by atoms with van der Waals surface area (Å²) in [6, 6.07) is 0. The van der Waals surface area contributed by atoms with Crippen LogP contribution >= 0.6 is 54.2 Å². The zero-order valence-electron chi connectivity index (χ0n) is 11.5. The predicted molar refractivity (Wildman–Crippen MR) is 79.6 cm³/mol. The van der Waals surface area contributed by atoms with Crippen molar-refractivity contribution in [1.82, 2.24) is 0 Å². The van der Waals surface area contributed by atoms with Crippen LogP contribution in [0.25, 0.3) is 0 Å². The smallest absolute Gasteiger partial charge is 0.505 e. The SMILES string of the molecule is CCOP(=O)(OCC)Oc1c(Cl)c(Cl)c(O)c(Cl)c1Cl.[Na+]. The second kappa shape index (κ2) is 9.43. The standard InChI is InChI=1S/C10H11Cl4O5P.Na/c1-3-17-20(16,18-4-2)19-10-7(13)5(11)9(15)6(12)8(10)14;/h15H,3-4H2,1-2H3;/q;+1.